The molecule has 1 fully saturated rings. The number of hydrogen-bond acceptors (Lipinski definition) is 4. The molecule has 0 bridgehead atoms. The minimum absolute atomic E-state index is 0.0383. The molecule has 0 aromatic rings. The zero-order valence-corrected chi connectivity index (χ0v) is 11.9. The molecule has 112 valence electrons. The van der Waals surface area contributed by atoms with Crippen molar-refractivity contribution in [3.63, 3.8) is 0 Å². The van der Waals surface area contributed by atoms with Crippen LogP contribution in [-0.2, 0) is 9.39 Å². The van der Waals surface area contributed by atoms with E-state index in [4.69, 9.17) is 9.39 Å². The van der Waals surface area contributed by atoms with Gasteiger partial charge in [-0.3, -0.25) is 0 Å². The van der Waals surface area contributed by atoms with Crippen molar-refractivity contribution in [3.8, 4) is 0 Å². The van der Waals surface area contributed by atoms with Crippen molar-refractivity contribution >= 4 is 13.1 Å². The van der Waals surface area contributed by atoms with Gasteiger partial charge in [-0.25, -0.2) is 4.79 Å². The van der Waals surface area contributed by atoms with E-state index in [-0.39, 0.29) is 18.0 Å². The topological polar surface area (TPSA) is 79.8 Å². The molecule has 2 unspecified atom stereocenters. The van der Waals surface area contributed by atoms with Crippen molar-refractivity contribution in [1.82, 2.24) is 10.6 Å². The van der Waals surface area contributed by atoms with E-state index in [0.717, 1.165) is 12.8 Å². The van der Waals surface area contributed by atoms with E-state index < -0.39 is 7.12 Å². The van der Waals surface area contributed by atoms with Crippen LogP contribution in [0.25, 0.3) is 0 Å². The standard InChI is InChI=1S/C13H23BN2O4/c1-2-15-13(17)16-7-4-8-19-11-6-3-5-10-9-20-14(18)12(10)11/h3,6,10-12,18H,2,4-5,7-9H2,1H3,(H2,15,16,17)/t10?,11-,12?/m1/s1. The molecule has 0 aromatic carbocycles. The van der Waals surface area contributed by atoms with E-state index in [1.165, 1.54) is 0 Å². The lowest BCUT2D eigenvalue weighted by Gasteiger charge is -2.28. The average Bonchev–Trinajstić information content (AvgIpc) is 2.81. The monoisotopic (exact) mass is 282 g/mol. The van der Waals surface area contributed by atoms with E-state index in [0.29, 0.717) is 32.2 Å². The van der Waals surface area contributed by atoms with Gasteiger partial charge < -0.3 is 25.0 Å². The van der Waals surface area contributed by atoms with Crippen molar-refractivity contribution in [1.29, 1.82) is 0 Å². The molecule has 7 heteroatoms. The fraction of sp³-hybridized carbons (Fsp3) is 0.769. The Morgan fingerprint density at radius 2 is 2.40 bits per heavy atom. The van der Waals surface area contributed by atoms with E-state index in [1.54, 1.807) is 0 Å². The number of fused-ring (bicyclic) bond motifs is 1. The molecular weight excluding hydrogens is 259 g/mol. The van der Waals surface area contributed by atoms with Gasteiger partial charge >= 0.3 is 13.1 Å². The van der Waals surface area contributed by atoms with Gasteiger partial charge in [-0.1, -0.05) is 12.2 Å². The van der Waals surface area contributed by atoms with Crippen molar-refractivity contribution < 1.29 is 19.2 Å². The molecule has 2 amide bonds. The van der Waals surface area contributed by atoms with E-state index in [1.807, 2.05) is 13.0 Å². The maximum atomic E-state index is 11.2. The second-order valence-corrected chi connectivity index (χ2v) is 5.20. The number of amides is 2. The second kappa shape index (κ2) is 7.66. The smallest absolute Gasteiger partial charge is 0.427 e. The summed E-state index contributed by atoms with van der Waals surface area (Å²) in [4.78, 5) is 11.2. The number of urea groups is 1. The predicted octanol–water partition coefficient (Wildman–Crippen LogP) is 0.538. The van der Waals surface area contributed by atoms with Gasteiger partial charge in [0.05, 0.1) is 6.10 Å². The van der Waals surface area contributed by atoms with Crippen LogP contribution in [0.2, 0.25) is 5.82 Å². The minimum atomic E-state index is -0.719. The van der Waals surface area contributed by atoms with Crippen LogP contribution in [0.5, 0.6) is 0 Å². The molecule has 6 nitrogen and oxygen atoms in total. The fourth-order valence-electron chi connectivity index (χ4n) is 2.73. The third-order valence-corrected chi connectivity index (χ3v) is 3.75. The highest BCUT2D eigenvalue weighted by Crippen LogP contribution is 2.39. The number of ether oxygens (including phenoxy) is 1. The minimum Gasteiger partial charge on any atom is -0.427 e. The summed E-state index contributed by atoms with van der Waals surface area (Å²) < 4.78 is 11.1. The predicted molar refractivity (Wildman–Crippen MR) is 76.4 cm³/mol. The van der Waals surface area contributed by atoms with Gasteiger partial charge in [-0.2, -0.15) is 0 Å². The molecule has 3 atom stereocenters. The molecule has 2 rings (SSSR count). The van der Waals surface area contributed by atoms with Crippen LogP contribution >= 0.6 is 0 Å². The highest BCUT2D eigenvalue weighted by atomic mass is 16.5. The molecular formula is C13H23BN2O4. The first-order chi connectivity index (χ1) is 9.72. The largest absolute Gasteiger partial charge is 0.460 e. The summed E-state index contributed by atoms with van der Waals surface area (Å²) in [6.45, 7) is 4.24. The van der Waals surface area contributed by atoms with E-state index >= 15 is 0 Å². The first-order valence-corrected chi connectivity index (χ1v) is 7.32. The number of nitrogens with one attached hydrogen (secondary N) is 2. The third-order valence-electron chi connectivity index (χ3n) is 3.75. The Morgan fingerprint density at radius 3 is 3.20 bits per heavy atom. The Hall–Kier alpha value is -1.05. The Bertz CT molecular complexity index is 353. The molecule has 0 aromatic heterocycles. The highest BCUT2D eigenvalue weighted by molar-refractivity contribution is 6.46. The highest BCUT2D eigenvalue weighted by Gasteiger charge is 2.46. The quantitative estimate of drug-likeness (QED) is 0.377. The van der Waals surface area contributed by atoms with Gasteiger partial charge in [0.25, 0.3) is 0 Å². The van der Waals surface area contributed by atoms with E-state index in [2.05, 4.69) is 16.7 Å². The molecule has 0 radical (unpaired) electrons. The first kappa shape index (κ1) is 15.3. The average molecular weight is 282 g/mol. The third kappa shape index (κ3) is 3.97. The van der Waals surface area contributed by atoms with Gasteiger partial charge in [0, 0.05) is 32.1 Å². The van der Waals surface area contributed by atoms with Crippen molar-refractivity contribution in [2.75, 3.05) is 26.3 Å². The number of carbonyl (C=O) groups excluding carboxylic acids is 1. The van der Waals surface area contributed by atoms with Crippen molar-refractivity contribution in [2.24, 2.45) is 5.92 Å². The van der Waals surface area contributed by atoms with Gasteiger partial charge in [0.1, 0.15) is 0 Å². The Labute approximate surface area is 120 Å². The van der Waals surface area contributed by atoms with Crippen LogP contribution in [-0.4, -0.2) is 50.6 Å². The number of carbonyl (C=O) groups is 1. The molecule has 20 heavy (non-hydrogen) atoms. The molecule has 1 saturated heterocycles. The molecule has 2 aliphatic rings. The molecule has 1 aliphatic heterocycles. The van der Waals surface area contributed by atoms with Crippen molar-refractivity contribution in [2.45, 2.75) is 31.7 Å². The van der Waals surface area contributed by atoms with Gasteiger partial charge in [0.15, 0.2) is 0 Å². The summed E-state index contributed by atoms with van der Waals surface area (Å²) in [6.07, 6.45) is 5.71. The van der Waals surface area contributed by atoms with Crippen LogP contribution in [0.15, 0.2) is 12.2 Å². The summed E-state index contributed by atoms with van der Waals surface area (Å²) in [5, 5.41) is 15.3. The number of hydrogen-bond donors (Lipinski definition) is 3. The summed E-state index contributed by atoms with van der Waals surface area (Å²) in [5.74, 6) is 0.393. The molecule has 3 N–H and O–H groups in total. The molecule has 0 saturated carbocycles. The first-order valence-electron chi connectivity index (χ1n) is 7.32. The summed E-state index contributed by atoms with van der Waals surface area (Å²) in [7, 11) is -0.719. The molecule has 0 spiro atoms. The normalized spacial score (nSPS) is 28.3. The van der Waals surface area contributed by atoms with Crippen LogP contribution in [0.1, 0.15) is 19.8 Å². The zero-order chi connectivity index (χ0) is 14.4. The summed E-state index contributed by atoms with van der Waals surface area (Å²) >= 11 is 0. The van der Waals surface area contributed by atoms with Crippen molar-refractivity contribution in [3.05, 3.63) is 12.2 Å². The Kier molecular flexibility index (Phi) is 5.88. The number of allylic oxidation sites excluding steroid dienone is 1. The van der Waals surface area contributed by atoms with E-state index in [9.17, 15) is 9.82 Å². The second-order valence-electron chi connectivity index (χ2n) is 5.20. The maximum absolute atomic E-state index is 11.2. The molecule has 1 aliphatic carbocycles. The Morgan fingerprint density at radius 1 is 1.55 bits per heavy atom. The summed E-state index contributed by atoms with van der Waals surface area (Å²) in [6, 6.07) is -0.148. The van der Waals surface area contributed by atoms with Gasteiger partial charge in [-0.15, -0.1) is 0 Å². The Balaban J connectivity index is 1.65. The lowest BCUT2D eigenvalue weighted by atomic mass is 9.63. The maximum Gasteiger partial charge on any atom is 0.460 e. The van der Waals surface area contributed by atoms with Gasteiger partial charge in [0.2, 0.25) is 0 Å². The zero-order valence-electron chi connectivity index (χ0n) is 11.9. The van der Waals surface area contributed by atoms with Crippen LogP contribution in [0.4, 0.5) is 4.79 Å². The molecule has 1 heterocycles. The van der Waals surface area contributed by atoms with Crippen LogP contribution in [0, 0.1) is 5.92 Å². The summed E-state index contributed by atoms with van der Waals surface area (Å²) in [5.41, 5.74) is 0. The SMILES string of the molecule is CCNC(=O)NCCCO[C@@H]1C=CCC2COB(O)C21. The van der Waals surface area contributed by atoms with Gasteiger partial charge in [-0.05, 0) is 25.7 Å². The lowest BCUT2D eigenvalue weighted by molar-refractivity contribution is 0.0630. The number of rotatable bonds is 6. The van der Waals surface area contributed by atoms with Crippen LogP contribution in [0.3, 0.4) is 0 Å². The fourth-order valence-corrected chi connectivity index (χ4v) is 2.73. The lowest BCUT2D eigenvalue weighted by Crippen LogP contribution is -2.36. The van der Waals surface area contributed by atoms with Crippen LogP contribution < -0.4 is 10.6 Å².